The van der Waals surface area contributed by atoms with Gasteiger partial charge in [0.05, 0.1) is 33.8 Å². The third-order valence-corrected chi connectivity index (χ3v) is 2.56. The van der Waals surface area contributed by atoms with Gasteiger partial charge < -0.3 is 19.1 Å². The summed E-state index contributed by atoms with van der Waals surface area (Å²) in [5, 5.41) is 0. The Morgan fingerprint density at radius 1 is 1.21 bits per heavy atom. The predicted molar refractivity (Wildman–Crippen MR) is 69.7 cm³/mol. The summed E-state index contributed by atoms with van der Waals surface area (Å²) in [5.74, 6) is 1.02. The number of carbonyl (C=O) groups is 1. The monoisotopic (exact) mass is 269 g/mol. The Morgan fingerprint density at radius 2 is 1.79 bits per heavy atom. The van der Waals surface area contributed by atoms with Gasteiger partial charge in [-0.15, -0.1) is 0 Å². The van der Waals surface area contributed by atoms with Crippen molar-refractivity contribution < 1.29 is 19.0 Å². The Morgan fingerprint density at radius 3 is 2.21 bits per heavy atom. The highest BCUT2D eigenvalue weighted by molar-refractivity contribution is 5.69. The molecule has 1 heterocycles. The molecule has 0 fully saturated rings. The minimum absolute atomic E-state index is 0.270. The van der Waals surface area contributed by atoms with Crippen LogP contribution in [0.15, 0.2) is 6.07 Å². The van der Waals surface area contributed by atoms with Crippen molar-refractivity contribution in [1.29, 1.82) is 0 Å². The lowest BCUT2D eigenvalue weighted by Crippen LogP contribution is -2.28. The smallest absolute Gasteiger partial charge is 0.307 e. The fourth-order valence-electron chi connectivity index (χ4n) is 1.47. The maximum absolute atomic E-state index is 11.2. The first-order valence-electron chi connectivity index (χ1n) is 5.93. The average Bonchev–Trinajstić information content (AvgIpc) is 2.46. The van der Waals surface area contributed by atoms with Crippen LogP contribution in [0.4, 0.5) is 5.95 Å². The molecule has 0 bridgehead atoms. The molecule has 1 rings (SSSR count). The highest BCUT2D eigenvalue weighted by Crippen LogP contribution is 2.20. The molecule has 0 amide bonds. The van der Waals surface area contributed by atoms with E-state index in [1.54, 1.807) is 6.07 Å². The van der Waals surface area contributed by atoms with Crippen molar-refractivity contribution in [2.45, 2.75) is 13.3 Å². The summed E-state index contributed by atoms with van der Waals surface area (Å²) in [6, 6.07) is 1.59. The zero-order chi connectivity index (χ0) is 14.3. The normalized spacial score (nSPS) is 9.89. The van der Waals surface area contributed by atoms with Crippen LogP contribution in [0.3, 0.4) is 0 Å². The van der Waals surface area contributed by atoms with E-state index in [-0.39, 0.29) is 12.4 Å². The first-order chi connectivity index (χ1) is 9.14. The number of ether oxygens (including phenoxy) is 3. The lowest BCUT2D eigenvalue weighted by Gasteiger charge is -2.20. The fraction of sp³-hybridized carbons (Fsp3) is 0.583. The molecule has 0 atom stereocenters. The number of anilines is 1. The van der Waals surface area contributed by atoms with Gasteiger partial charge in [0.25, 0.3) is 0 Å². The lowest BCUT2D eigenvalue weighted by molar-refractivity contribution is -0.140. The van der Waals surface area contributed by atoms with Crippen LogP contribution in [0.25, 0.3) is 0 Å². The van der Waals surface area contributed by atoms with E-state index in [2.05, 4.69) is 14.7 Å². The number of rotatable bonds is 7. The molecule has 0 N–H and O–H groups in total. The van der Waals surface area contributed by atoms with Crippen molar-refractivity contribution in [3.05, 3.63) is 6.07 Å². The molecule has 0 radical (unpaired) electrons. The van der Waals surface area contributed by atoms with E-state index in [1.165, 1.54) is 21.3 Å². The van der Waals surface area contributed by atoms with Crippen LogP contribution in [-0.4, -0.2) is 50.4 Å². The molecule has 19 heavy (non-hydrogen) atoms. The van der Waals surface area contributed by atoms with E-state index in [9.17, 15) is 4.79 Å². The molecule has 0 aliphatic carbocycles. The molecule has 0 spiro atoms. The number of nitrogens with zero attached hydrogens (tertiary/aromatic N) is 3. The van der Waals surface area contributed by atoms with Crippen LogP contribution < -0.4 is 14.4 Å². The molecule has 106 valence electrons. The summed E-state index contributed by atoms with van der Waals surface area (Å²) in [6.45, 7) is 3.08. The SMILES string of the molecule is CCN(CCC(=O)OC)c1nc(OC)cc(OC)n1. The number of hydrogen-bond donors (Lipinski definition) is 0. The zero-order valence-electron chi connectivity index (χ0n) is 11.7. The second kappa shape index (κ2) is 7.40. The molecule has 0 unspecified atom stereocenters. The lowest BCUT2D eigenvalue weighted by atomic mass is 10.4. The quantitative estimate of drug-likeness (QED) is 0.680. The van der Waals surface area contributed by atoms with Gasteiger partial charge >= 0.3 is 5.97 Å². The van der Waals surface area contributed by atoms with Crippen molar-refractivity contribution in [2.75, 3.05) is 39.3 Å². The Hall–Kier alpha value is -2.05. The number of methoxy groups -OCH3 is 3. The van der Waals surface area contributed by atoms with Crippen molar-refractivity contribution in [1.82, 2.24) is 9.97 Å². The summed E-state index contributed by atoms with van der Waals surface area (Å²) < 4.78 is 14.8. The molecule has 7 heteroatoms. The highest BCUT2D eigenvalue weighted by atomic mass is 16.5. The van der Waals surface area contributed by atoms with Crippen LogP contribution in [0.2, 0.25) is 0 Å². The van der Waals surface area contributed by atoms with E-state index in [1.807, 2.05) is 11.8 Å². The topological polar surface area (TPSA) is 73.8 Å². The van der Waals surface area contributed by atoms with Gasteiger partial charge in [0.15, 0.2) is 0 Å². The third kappa shape index (κ3) is 4.27. The molecule has 1 aromatic heterocycles. The first-order valence-corrected chi connectivity index (χ1v) is 5.93. The van der Waals surface area contributed by atoms with E-state index >= 15 is 0 Å². The first kappa shape index (κ1) is 15.0. The van der Waals surface area contributed by atoms with Gasteiger partial charge in [-0.25, -0.2) is 0 Å². The third-order valence-electron chi connectivity index (χ3n) is 2.56. The molecule has 0 aliphatic heterocycles. The summed E-state index contributed by atoms with van der Waals surface area (Å²) >= 11 is 0. The van der Waals surface area contributed by atoms with Crippen LogP contribution in [-0.2, 0) is 9.53 Å². The van der Waals surface area contributed by atoms with Gasteiger partial charge in [-0.3, -0.25) is 4.79 Å². The minimum Gasteiger partial charge on any atom is -0.481 e. The van der Waals surface area contributed by atoms with Crippen LogP contribution in [0, 0.1) is 0 Å². The van der Waals surface area contributed by atoms with Gasteiger partial charge in [0.2, 0.25) is 17.7 Å². The van der Waals surface area contributed by atoms with Crippen LogP contribution in [0.5, 0.6) is 11.8 Å². The summed E-state index contributed by atoms with van der Waals surface area (Å²) in [6.07, 6.45) is 0.271. The molecule has 0 saturated heterocycles. The van der Waals surface area contributed by atoms with Crippen molar-refractivity contribution in [3.63, 3.8) is 0 Å². The minimum atomic E-state index is -0.270. The van der Waals surface area contributed by atoms with Crippen molar-refractivity contribution in [2.24, 2.45) is 0 Å². The zero-order valence-corrected chi connectivity index (χ0v) is 11.7. The largest absolute Gasteiger partial charge is 0.481 e. The van der Waals surface area contributed by atoms with Crippen LogP contribution >= 0.6 is 0 Å². The molecule has 0 saturated carbocycles. The van der Waals surface area contributed by atoms with Gasteiger partial charge in [-0.1, -0.05) is 0 Å². The summed E-state index contributed by atoms with van der Waals surface area (Å²) in [7, 11) is 4.41. The number of hydrogen-bond acceptors (Lipinski definition) is 7. The Kier molecular flexibility index (Phi) is 5.84. The van der Waals surface area contributed by atoms with E-state index in [0.717, 1.165) is 0 Å². The molecule has 1 aromatic rings. The van der Waals surface area contributed by atoms with Gasteiger partial charge in [-0.2, -0.15) is 9.97 Å². The molecular weight excluding hydrogens is 250 g/mol. The maximum Gasteiger partial charge on any atom is 0.307 e. The standard InChI is InChI=1S/C12H19N3O4/c1-5-15(7-6-11(16)19-4)12-13-9(17-2)8-10(14-12)18-3/h8H,5-7H2,1-4H3. The summed E-state index contributed by atoms with van der Waals surface area (Å²) in [5.41, 5.74) is 0. The molecule has 7 nitrogen and oxygen atoms in total. The predicted octanol–water partition coefficient (Wildman–Crippen LogP) is 0.883. The van der Waals surface area contributed by atoms with E-state index < -0.39 is 0 Å². The molecule has 0 aromatic carbocycles. The number of carbonyl (C=O) groups excluding carboxylic acids is 1. The van der Waals surface area contributed by atoms with Crippen LogP contribution in [0.1, 0.15) is 13.3 Å². The van der Waals surface area contributed by atoms with Crippen molar-refractivity contribution in [3.8, 4) is 11.8 Å². The van der Waals surface area contributed by atoms with Gasteiger partial charge in [-0.05, 0) is 6.92 Å². The number of aromatic nitrogens is 2. The van der Waals surface area contributed by atoms with Gasteiger partial charge in [0, 0.05) is 13.1 Å². The maximum atomic E-state index is 11.2. The second-order valence-corrected chi connectivity index (χ2v) is 3.66. The summed E-state index contributed by atoms with van der Waals surface area (Å²) in [4.78, 5) is 21.5. The second-order valence-electron chi connectivity index (χ2n) is 3.66. The number of esters is 1. The average molecular weight is 269 g/mol. The van der Waals surface area contributed by atoms with E-state index in [0.29, 0.717) is 30.8 Å². The molecular formula is C12H19N3O4. The molecule has 0 aliphatic rings. The Balaban J connectivity index is 2.87. The van der Waals surface area contributed by atoms with E-state index in [4.69, 9.17) is 9.47 Å². The Labute approximate surface area is 112 Å². The Bertz CT molecular complexity index is 403. The van der Waals surface area contributed by atoms with Gasteiger partial charge in [0.1, 0.15) is 0 Å². The van der Waals surface area contributed by atoms with Crippen molar-refractivity contribution >= 4 is 11.9 Å². The highest BCUT2D eigenvalue weighted by Gasteiger charge is 2.13. The fourth-order valence-corrected chi connectivity index (χ4v) is 1.47.